The molecule has 1 aliphatic rings. The van der Waals surface area contributed by atoms with E-state index in [2.05, 4.69) is 16.0 Å². The fraction of sp³-hybridized carbons (Fsp3) is 0.385. The van der Waals surface area contributed by atoms with Crippen molar-refractivity contribution in [3.63, 3.8) is 0 Å². The van der Waals surface area contributed by atoms with Crippen LogP contribution >= 0.6 is 0 Å². The Morgan fingerprint density at radius 3 is 2.63 bits per heavy atom. The summed E-state index contributed by atoms with van der Waals surface area (Å²) in [6, 6.07) is 6.29. The van der Waals surface area contributed by atoms with Crippen molar-refractivity contribution in [3.05, 3.63) is 24.3 Å². The number of carbonyl (C=O) groups is 2. The Balaban J connectivity index is 1.97. The van der Waals surface area contributed by atoms with E-state index < -0.39 is 6.03 Å². The third kappa shape index (κ3) is 3.96. The maximum Gasteiger partial charge on any atom is 0.316 e. The second kappa shape index (κ2) is 6.19. The molecule has 1 unspecified atom stereocenters. The minimum atomic E-state index is -0.625. The van der Waals surface area contributed by atoms with Crippen molar-refractivity contribution < 1.29 is 9.59 Å². The molecule has 1 heterocycles. The van der Waals surface area contributed by atoms with Crippen LogP contribution in [0.5, 0.6) is 0 Å². The first-order valence-electron chi connectivity index (χ1n) is 6.33. The Hall–Kier alpha value is -2.08. The number of hydrogen-bond acceptors (Lipinski definition) is 3. The maximum atomic E-state index is 12.0. The molecule has 3 amide bonds. The highest BCUT2D eigenvalue weighted by Gasteiger charge is 2.20. The lowest BCUT2D eigenvalue weighted by Crippen LogP contribution is -2.37. The molecule has 1 aromatic carbocycles. The van der Waals surface area contributed by atoms with Crippen molar-refractivity contribution in [1.29, 1.82) is 0 Å². The zero-order valence-corrected chi connectivity index (χ0v) is 10.6. The van der Waals surface area contributed by atoms with Crippen LogP contribution in [0.1, 0.15) is 12.8 Å². The smallest absolute Gasteiger partial charge is 0.316 e. The van der Waals surface area contributed by atoms with Gasteiger partial charge in [0.15, 0.2) is 0 Å². The van der Waals surface area contributed by atoms with Gasteiger partial charge in [-0.2, -0.15) is 0 Å². The average Bonchev–Trinajstić information content (AvgIpc) is 2.39. The maximum absolute atomic E-state index is 12.0. The molecule has 19 heavy (non-hydrogen) atoms. The van der Waals surface area contributed by atoms with Crippen molar-refractivity contribution >= 4 is 23.3 Å². The standard InChI is InChI=1S/C13H18N4O2/c14-13(19)17-11-5-1-4-10(7-11)16-12(18)9-3-2-6-15-8-9/h1,4-5,7,9,15H,2-3,6,8H2,(H,16,18)(H3,14,17,19). The number of carbonyl (C=O) groups excluding carboxylic acids is 2. The van der Waals surface area contributed by atoms with E-state index in [9.17, 15) is 9.59 Å². The third-order valence-electron chi connectivity index (χ3n) is 3.07. The van der Waals surface area contributed by atoms with Crippen molar-refractivity contribution in [1.82, 2.24) is 5.32 Å². The lowest BCUT2D eigenvalue weighted by Gasteiger charge is -2.22. The van der Waals surface area contributed by atoms with Crippen LogP contribution in [0.15, 0.2) is 24.3 Å². The number of nitrogens with two attached hydrogens (primary N) is 1. The van der Waals surface area contributed by atoms with Gasteiger partial charge in [0.05, 0.1) is 5.92 Å². The van der Waals surface area contributed by atoms with Gasteiger partial charge in [0.25, 0.3) is 0 Å². The Morgan fingerprint density at radius 1 is 1.26 bits per heavy atom. The Labute approximate surface area is 111 Å². The second-order valence-corrected chi connectivity index (χ2v) is 4.60. The molecule has 2 rings (SSSR count). The Kier molecular flexibility index (Phi) is 4.35. The molecule has 1 aromatic rings. The zero-order chi connectivity index (χ0) is 13.7. The van der Waals surface area contributed by atoms with Gasteiger partial charge in [-0.05, 0) is 37.6 Å². The van der Waals surface area contributed by atoms with Crippen molar-refractivity contribution in [2.24, 2.45) is 11.7 Å². The van der Waals surface area contributed by atoms with Crippen LogP contribution in [0.3, 0.4) is 0 Å². The zero-order valence-electron chi connectivity index (χ0n) is 10.6. The highest BCUT2D eigenvalue weighted by molar-refractivity contribution is 5.94. The number of primary amides is 1. The first-order chi connectivity index (χ1) is 9.15. The van der Waals surface area contributed by atoms with Gasteiger partial charge in [-0.3, -0.25) is 4.79 Å². The monoisotopic (exact) mass is 262 g/mol. The fourth-order valence-corrected chi connectivity index (χ4v) is 2.14. The van der Waals surface area contributed by atoms with Crippen LogP contribution in [0, 0.1) is 5.92 Å². The molecule has 5 N–H and O–H groups in total. The van der Waals surface area contributed by atoms with Gasteiger partial charge in [0.1, 0.15) is 0 Å². The molecule has 1 saturated heterocycles. The normalized spacial score (nSPS) is 18.6. The minimum absolute atomic E-state index is 0.00139. The van der Waals surface area contributed by atoms with Crippen LogP contribution in [0.25, 0.3) is 0 Å². The van der Waals surface area contributed by atoms with E-state index in [0.29, 0.717) is 17.9 Å². The van der Waals surface area contributed by atoms with Crippen LogP contribution in [0.4, 0.5) is 16.2 Å². The number of urea groups is 1. The van der Waals surface area contributed by atoms with Gasteiger partial charge < -0.3 is 21.7 Å². The molecule has 0 aromatic heterocycles. The molecule has 6 nitrogen and oxygen atoms in total. The molecule has 1 fully saturated rings. The predicted octanol–water partition coefficient (Wildman–Crippen LogP) is 1.12. The van der Waals surface area contributed by atoms with E-state index >= 15 is 0 Å². The van der Waals surface area contributed by atoms with Crippen molar-refractivity contribution in [3.8, 4) is 0 Å². The summed E-state index contributed by atoms with van der Waals surface area (Å²) in [5.74, 6) is 0.00457. The molecule has 6 heteroatoms. The highest BCUT2D eigenvalue weighted by Crippen LogP contribution is 2.17. The molecule has 102 valence electrons. The molecule has 0 bridgehead atoms. The number of amides is 3. The molecule has 0 spiro atoms. The Bertz CT molecular complexity index is 469. The number of nitrogens with one attached hydrogen (secondary N) is 3. The summed E-state index contributed by atoms with van der Waals surface area (Å²) in [4.78, 5) is 22.8. The summed E-state index contributed by atoms with van der Waals surface area (Å²) in [7, 11) is 0. The summed E-state index contributed by atoms with van der Waals surface area (Å²) < 4.78 is 0. The van der Waals surface area contributed by atoms with Gasteiger partial charge in [-0.1, -0.05) is 6.07 Å². The van der Waals surface area contributed by atoms with E-state index in [1.54, 1.807) is 24.3 Å². The molecular weight excluding hydrogens is 244 g/mol. The van der Waals surface area contributed by atoms with E-state index in [1.165, 1.54) is 0 Å². The third-order valence-corrected chi connectivity index (χ3v) is 3.07. The highest BCUT2D eigenvalue weighted by atomic mass is 16.2. The molecule has 1 atom stereocenters. The summed E-state index contributed by atoms with van der Waals surface area (Å²) >= 11 is 0. The van der Waals surface area contributed by atoms with Gasteiger partial charge in [-0.25, -0.2) is 4.79 Å². The second-order valence-electron chi connectivity index (χ2n) is 4.60. The van der Waals surface area contributed by atoms with Gasteiger partial charge in [0.2, 0.25) is 5.91 Å². The lowest BCUT2D eigenvalue weighted by molar-refractivity contribution is -0.120. The van der Waals surface area contributed by atoms with Crippen LogP contribution in [-0.2, 0) is 4.79 Å². The van der Waals surface area contributed by atoms with Gasteiger partial charge in [0, 0.05) is 17.9 Å². The molecule has 0 radical (unpaired) electrons. The number of anilines is 2. The molecule has 0 aliphatic carbocycles. The van der Waals surface area contributed by atoms with Crippen LogP contribution in [0.2, 0.25) is 0 Å². The van der Waals surface area contributed by atoms with Crippen molar-refractivity contribution in [2.45, 2.75) is 12.8 Å². The number of rotatable bonds is 3. The number of hydrogen-bond donors (Lipinski definition) is 4. The fourth-order valence-electron chi connectivity index (χ4n) is 2.14. The van der Waals surface area contributed by atoms with E-state index in [4.69, 9.17) is 5.73 Å². The first-order valence-corrected chi connectivity index (χ1v) is 6.33. The van der Waals surface area contributed by atoms with E-state index in [0.717, 1.165) is 19.4 Å². The minimum Gasteiger partial charge on any atom is -0.351 e. The summed E-state index contributed by atoms with van der Waals surface area (Å²) in [5.41, 5.74) is 6.26. The first kappa shape index (κ1) is 13.4. The topological polar surface area (TPSA) is 96.2 Å². The Morgan fingerprint density at radius 2 is 2.00 bits per heavy atom. The van der Waals surface area contributed by atoms with E-state index in [-0.39, 0.29) is 11.8 Å². The van der Waals surface area contributed by atoms with Crippen LogP contribution < -0.4 is 21.7 Å². The van der Waals surface area contributed by atoms with E-state index in [1.807, 2.05) is 0 Å². The number of piperidine rings is 1. The van der Waals surface area contributed by atoms with Crippen LogP contribution in [-0.4, -0.2) is 25.0 Å². The number of benzene rings is 1. The van der Waals surface area contributed by atoms with Crippen molar-refractivity contribution in [2.75, 3.05) is 23.7 Å². The summed E-state index contributed by atoms with van der Waals surface area (Å²) in [6.07, 6.45) is 1.92. The summed E-state index contributed by atoms with van der Waals surface area (Å²) in [6.45, 7) is 1.69. The molecular formula is C13H18N4O2. The summed E-state index contributed by atoms with van der Waals surface area (Å²) in [5, 5.41) is 8.53. The predicted molar refractivity (Wildman–Crippen MR) is 73.9 cm³/mol. The lowest BCUT2D eigenvalue weighted by atomic mass is 9.99. The molecule has 0 saturated carbocycles. The van der Waals surface area contributed by atoms with Gasteiger partial charge in [-0.15, -0.1) is 0 Å². The average molecular weight is 262 g/mol. The molecule has 1 aliphatic heterocycles. The largest absolute Gasteiger partial charge is 0.351 e. The van der Waals surface area contributed by atoms with Gasteiger partial charge >= 0.3 is 6.03 Å². The SMILES string of the molecule is NC(=O)Nc1cccc(NC(=O)C2CCCNC2)c1. The quantitative estimate of drug-likeness (QED) is 0.657.